The number of morpholine rings is 1. The fourth-order valence-electron chi connectivity index (χ4n) is 2.00. The molecule has 0 spiro atoms. The molecular formula is C13H15ClFNO2. The number of carbonyl (C=O) groups is 1. The molecular weight excluding hydrogens is 257 g/mol. The maximum Gasteiger partial charge on any atom is 0.257 e. The molecule has 2 rings (SSSR count). The van der Waals surface area contributed by atoms with Crippen LogP contribution in [0.3, 0.4) is 0 Å². The van der Waals surface area contributed by atoms with Crippen LogP contribution in [0.4, 0.5) is 4.39 Å². The van der Waals surface area contributed by atoms with E-state index in [1.54, 1.807) is 4.90 Å². The van der Waals surface area contributed by atoms with Crippen molar-refractivity contribution in [2.45, 2.75) is 26.0 Å². The van der Waals surface area contributed by atoms with Crippen LogP contribution in [0, 0.1) is 5.82 Å². The summed E-state index contributed by atoms with van der Waals surface area (Å²) in [6, 6.07) is 3.95. The molecule has 1 amide bonds. The quantitative estimate of drug-likeness (QED) is 0.786. The third kappa shape index (κ3) is 2.65. The van der Waals surface area contributed by atoms with Gasteiger partial charge in [0.2, 0.25) is 0 Å². The van der Waals surface area contributed by atoms with E-state index in [0.29, 0.717) is 18.2 Å². The normalized spacial score (nSPS) is 24.1. The summed E-state index contributed by atoms with van der Waals surface area (Å²) < 4.78 is 19.1. The van der Waals surface area contributed by atoms with Gasteiger partial charge in [0.05, 0.1) is 24.3 Å². The van der Waals surface area contributed by atoms with Crippen molar-refractivity contribution in [2.24, 2.45) is 0 Å². The van der Waals surface area contributed by atoms with Gasteiger partial charge in [-0.1, -0.05) is 11.6 Å². The van der Waals surface area contributed by atoms with Crippen molar-refractivity contribution in [2.75, 3.05) is 13.2 Å². The number of hydrogen-bond donors (Lipinski definition) is 0. The molecule has 1 aromatic rings. The highest BCUT2D eigenvalue weighted by Crippen LogP contribution is 2.20. The summed E-state index contributed by atoms with van der Waals surface area (Å²) in [7, 11) is 0. The van der Waals surface area contributed by atoms with Crippen LogP contribution in [0.25, 0.3) is 0 Å². The van der Waals surface area contributed by atoms with Gasteiger partial charge in [-0.2, -0.15) is 0 Å². The molecule has 2 atom stereocenters. The van der Waals surface area contributed by atoms with Crippen LogP contribution in [0.5, 0.6) is 0 Å². The fraction of sp³-hybridized carbons (Fsp3) is 0.462. The molecule has 2 unspecified atom stereocenters. The van der Waals surface area contributed by atoms with Crippen molar-refractivity contribution in [3.8, 4) is 0 Å². The van der Waals surface area contributed by atoms with Crippen molar-refractivity contribution in [3.05, 3.63) is 34.6 Å². The Balaban J connectivity index is 2.27. The molecule has 1 saturated heterocycles. The fourth-order valence-corrected chi connectivity index (χ4v) is 2.17. The number of nitrogens with zero attached hydrogens (tertiary/aromatic N) is 1. The highest BCUT2D eigenvalue weighted by molar-refractivity contribution is 6.31. The van der Waals surface area contributed by atoms with Crippen LogP contribution in [-0.4, -0.2) is 36.1 Å². The molecule has 5 heteroatoms. The minimum atomic E-state index is -0.546. The molecule has 1 aliphatic rings. The average molecular weight is 272 g/mol. The number of amides is 1. The van der Waals surface area contributed by atoms with E-state index in [0.717, 1.165) is 0 Å². The van der Waals surface area contributed by atoms with Gasteiger partial charge in [0.1, 0.15) is 5.82 Å². The van der Waals surface area contributed by atoms with Crippen molar-refractivity contribution in [1.82, 2.24) is 4.90 Å². The molecule has 0 saturated carbocycles. The molecule has 98 valence electrons. The molecule has 1 aliphatic heterocycles. The maximum absolute atomic E-state index is 13.7. The molecule has 0 N–H and O–H groups in total. The zero-order valence-corrected chi connectivity index (χ0v) is 11.1. The zero-order valence-electron chi connectivity index (χ0n) is 10.3. The van der Waals surface area contributed by atoms with Gasteiger partial charge in [-0.25, -0.2) is 4.39 Å². The van der Waals surface area contributed by atoms with Crippen LogP contribution in [-0.2, 0) is 4.74 Å². The smallest absolute Gasteiger partial charge is 0.257 e. The van der Waals surface area contributed by atoms with E-state index in [4.69, 9.17) is 16.3 Å². The monoisotopic (exact) mass is 271 g/mol. The first kappa shape index (κ1) is 13.3. The predicted octanol–water partition coefficient (Wildman–Crippen LogP) is 2.73. The molecule has 3 nitrogen and oxygen atoms in total. The molecule has 0 bridgehead atoms. The molecule has 1 fully saturated rings. The van der Waals surface area contributed by atoms with Crippen LogP contribution in [0.15, 0.2) is 18.2 Å². The summed E-state index contributed by atoms with van der Waals surface area (Å²) >= 11 is 5.80. The van der Waals surface area contributed by atoms with Crippen molar-refractivity contribution in [3.63, 3.8) is 0 Å². The predicted molar refractivity (Wildman–Crippen MR) is 67.3 cm³/mol. The minimum absolute atomic E-state index is 0.0171. The first-order chi connectivity index (χ1) is 8.49. The Morgan fingerprint density at radius 1 is 1.50 bits per heavy atom. The van der Waals surface area contributed by atoms with Crippen molar-refractivity contribution >= 4 is 17.5 Å². The van der Waals surface area contributed by atoms with E-state index in [9.17, 15) is 9.18 Å². The van der Waals surface area contributed by atoms with Crippen molar-refractivity contribution < 1.29 is 13.9 Å². The Kier molecular flexibility index (Phi) is 3.88. The van der Waals surface area contributed by atoms with Crippen molar-refractivity contribution in [1.29, 1.82) is 0 Å². The summed E-state index contributed by atoms with van der Waals surface area (Å²) in [6.45, 7) is 4.70. The number of hydrogen-bond acceptors (Lipinski definition) is 2. The second-order valence-electron chi connectivity index (χ2n) is 4.57. The van der Waals surface area contributed by atoms with E-state index >= 15 is 0 Å². The van der Waals surface area contributed by atoms with Crippen LogP contribution >= 0.6 is 11.6 Å². The second-order valence-corrected chi connectivity index (χ2v) is 5.01. The van der Waals surface area contributed by atoms with E-state index in [-0.39, 0.29) is 23.6 Å². The number of ether oxygens (including phenoxy) is 1. The van der Waals surface area contributed by atoms with Gasteiger partial charge in [-0.05, 0) is 32.0 Å². The van der Waals surface area contributed by atoms with Gasteiger partial charge >= 0.3 is 0 Å². The summed E-state index contributed by atoms with van der Waals surface area (Å²) in [4.78, 5) is 13.9. The first-order valence-electron chi connectivity index (χ1n) is 5.86. The standard InChI is InChI=1S/C13H15ClFNO2/c1-8-7-18-9(2)6-16(8)13(17)11-5-10(14)3-4-12(11)15/h3-5,8-9H,6-7H2,1-2H3. The van der Waals surface area contributed by atoms with Crippen LogP contribution in [0.2, 0.25) is 5.02 Å². The second kappa shape index (κ2) is 5.24. The summed E-state index contributed by atoms with van der Waals surface area (Å²) in [5, 5.41) is 0.355. The van der Waals surface area contributed by atoms with E-state index < -0.39 is 5.82 Å². The van der Waals surface area contributed by atoms with Crippen LogP contribution < -0.4 is 0 Å². The van der Waals surface area contributed by atoms with E-state index in [1.807, 2.05) is 13.8 Å². The lowest BCUT2D eigenvalue weighted by atomic mass is 10.1. The lowest BCUT2D eigenvalue weighted by Crippen LogP contribution is -2.50. The lowest BCUT2D eigenvalue weighted by molar-refractivity contribution is -0.0388. The Morgan fingerprint density at radius 3 is 2.94 bits per heavy atom. The van der Waals surface area contributed by atoms with Gasteiger partial charge in [-0.3, -0.25) is 4.79 Å². The zero-order chi connectivity index (χ0) is 13.3. The average Bonchev–Trinajstić information content (AvgIpc) is 2.34. The van der Waals surface area contributed by atoms with Crippen LogP contribution in [0.1, 0.15) is 24.2 Å². The SMILES string of the molecule is CC1CN(C(=O)c2cc(Cl)ccc2F)C(C)CO1. The topological polar surface area (TPSA) is 29.5 Å². The van der Waals surface area contributed by atoms with Gasteiger partial charge in [-0.15, -0.1) is 0 Å². The van der Waals surface area contributed by atoms with Gasteiger partial charge in [0.25, 0.3) is 5.91 Å². The lowest BCUT2D eigenvalue weighted by Gasteiger charge is -2.36. The van der Waals surface area contributed by atoms with E-state index in [1.165, 1.54) is 18.2 Å². The van der Waals surface area contributed by atoms with Gasteiger partial charge < -0.3 is 9.64 Å². The largest absolute Gasteiger partial charge is 0.375 e. The van der Waals surface area contributed by atoms with Gasteiger partial charge in [0.15, 0.2) is 0 Å². The Labute approximate surface area is 110 Å². The number of halogens is 2. The minimum Gasteiger partial charge on any atom is -0.375 e. The summed E-state index contributed by atoms with van der Waals surface area (Å²) in [5.41, 5.74) is 0.0171. The third-order valence-electron chi connectivity index (χ3n) is 3.03. The highest BCUT2D eigenvalue weighted by Gasteiger charge is 2.29. The maximum atomic E-state index is 13.7. The summed E-state index contributed by atoms with van der Waals surface area (Å²) in [5.74, 6) is -0.881. The van der Waals surface area contributed by atoms with Gasteiger partial charge in [0, 0.05) is 11.6 Å². The molecule has 18 heavy (non-hydrogen) atoms. The molecule has 0 aromatic heterocycles. The Hall–Kier alpha value is -1.13. The Bertz CT molecular complexity index is 466. The first-order valence-corrected chi connectivity index (χ1v) is 6.24. The third-order valence-corrected chi connectivity index (χ3v) is 3.26. The molecule has 1 aromatic carbocycles. The highest BCUT2D eigenvalue weighted by atomic mass is 35.5. The Morgan fingerprint density at radius 2 is 2.22 bits per heavy atom. The summed E-state index contributed by atoms with van der Waals surface area (Å²) in [6.07, 6.45) is -0.0348. The number of carbonyl (C=O) groups excluding carboxylic acids is 1. The molecule has 1 heterocycles. The number of rotatable bonds is 1. The number of benzene rings is 1. The van der Waals surface area contributed by atoms with E-state index in [2.05, 4.69) is 0 Å². The molecule has 0 radical (unpaired) electrons. The molecule has 0 aliphatic carbocycles.